The van der Waals surface area contributed by atoms with E-state index in [0.717, 1.165) is 0 Å². The summed E-state index contributed by atoms with van der Waals surface area (Å²) in [7, 11) is 1.37. The maximum atomic E-state index is 12.6. The van der Waals surface area contributed by atoms with Gasteiger partial charge in [-0.1, -0.05) is 0 Å². The van der Waals surface area contributed by atoms with Crippen molar-refractivity contribution >= 4 is 11.7 Å². The maximum Gasteiger partial charge on any atom is 0.308 e. The Morgan fingerprint density at radius 2 is 2.11 bits per heavy atom. The van der Waals surface area contributed by atoms with Gasteiger partial charge in [0.2, 0.25) is 0 Å². The van der Waals surface area contributed by atoms with Gasteiger partial charge in [0.15, 0.2) is 5.69 Å². The number of carbonyl (C=O) groups excluding carboxylic acids is 1. The Labute approximate surface area is 109 Å². The number of hydrogen-bond acceptors (Lipinski definition) is 4. The first-order valence-electron chi connectivity index (χ1n) is 6.23. The third-order valence-electron chi connectivity index (χ3n) is 3.60. The molecular weight excluding hydrogens is 256 g/mol. The van der Waals surface area contributed by atoms with Gasteiger partial charge in [-0.3, -0.25) is 9.48 Å². The molecular formula is C12H17F2N3O2. The van der Waals surface area contributed by atoms with Crippen molar-refractivity contribution in [2.24, 2.45) is 5.92 Å². The number of alkyl halides is 2. The van der Waals surface area contributed by atoms with Crippen molar-refractivity contribution in [3.63, 3.8) is 0 Å². The second-order valence-electron chi connectivity index (χ2n) is 4.78. The highest BCUT2D eigenvalue weighted by Crippen LogP contribution is 2.34. The van der Waals surface area contributed by atoms with Crippen LogP contribution in [-0.2, 0) is 9.53 Å². The Hall–Kier alpha value is -1.66. The van der Waals surface area contributed by atoms with E-state index in [-0.39, 0.29) is 29.3 Å². The Bertz CT molecular complexity index is 454. The fourth-order valence-electron chi connectivity index (χ4n) is 2.52. The van der Waals surface area contributed by atoms with Crippen molar-refractivity contribution in [1.82, 2.24) is 9.78 Å². The minimum absolute atomic E-state index is 0.0186. The topological polar surface area (TPSA) is 70.1 Å². The lowest BCUT2D eigenvalue weighted by Crippen LogP contribution is -2.24. The third-order valence-corrected chi connectivity index (χ3v) is 3.60. The zero-order valence-corrected chi connectivity index (χ0v) is 10.7. The lowest BCUT2D eigenvalue weighted by atomic mass is 9.86. The van der Waals surface area contributed by atoms with E-state index in [0.29, 0.717) is 25.7 Å². The van der Waals surface area contributed by atoms with E-state index in [2.05, 4.69) is 5.10 Å². The van der Waals surface area contributed by atoms with E-state index >= 15 is 0 Å². The molecule has 19 heavy (non-hydrogen) atoms. The number of nitrogens with two attached hydrogens (primary N) is 1. The van der Waals surface area contributed by atoms with Crippen molar-refractivity contribution in [3.05, 3.63) is 11.9 Å². The summed E-state index contributed by atoms with van der Waals surface area (Å²) in [6, 6.07) is 0.0238. The molecule has 106 valence electrons. The fourth-order valence-corrected chi connectivity index (χ4v) is 2.52. The number of rotatable bonds is 3. The second kappa shape index (κ2) is 5.54. The number of esters is 1. The van der Waals surface area contributed by atoms with Crippen molar-refractivity contribution in [2.75, 3.05) is 12.8 Å². The Kier molecular flexibility index (Phi) is 4.01. The number of nitrogens with zero attached hydrogens (tertiary/aromatic N) is 2. The standard InChI is InChI=1S/C12H17F2N3O2/c1-19-12(18)7-2-4-8(5-3-7)17-6-9(15)10(16-17)11(13)14/h6-8,11H,2-5,15H2,1H3. The monoisotopic (exact) mass is 273 g/mol. The molecule has 0 saturated heterocycles. The van der Waals surface area contributed by atoms with Crippen LogP contribution >= 0.6 is 0 Å². The number of ether oxygens (including phenoxy) is 1. The van der Waals surface area contributed by atoms with Crippen molar-refractivity contribution in [1.29, 1.82) is 0 Å². The van der Waals surface area contributed by atoms with Gasteiger partial charge < -0.3 is 10.5 Å². The van der Waals surface area contributed by atoms with Gasteiger partial charge >= 0.3 is 5.97 Å². The number of methoxy groups -OCH3 is 1. The van der Waals surface area contributed by atoms with Crippen LogP contribution in [0.4, 0.5) is 14.5 Å². The molecule has 0 spiro atoms. The molecule has 0 bridgehead atoms. The largest absolute Gasteiger partial charge is 0.469 e. The van der Waals surface area contributed by atoms with Crippen LogP contribution in [0.1, 0.15) is 43.8 Å². The molecule has 0 radical (unpaired) electrons. The van der Waals surface area contributed by atoms with Crippen LogP contribution in [0, 0.1) is 5.92 Å². The van der Waals surface area contributed by atoms with Gasteiger partial charge in [-0.25, -0.2) is 8.78 Å². The zero-order chi connectivity index (χ0) is 14.0. The molecule has 1 aromatic rings. The molecule has 1 aromatic heterocycles. The van der Waals surface area contributed by atoms with Crippen LogP contribution in [0.5, 0.6) is 0 Å². The van der Waals surface area contributed by atoms with E-state index in [1.165, 1.54) is 18.0 Å². The van der Waals surface area contributed by atoms with Crippen LogP contribution < -0.4 is 5.73 Å². The minimum Gasteiger partial charge on any atom is -0.469 e. The van der Waals surface area contributed by atoms with Crippen molar-refractivity contribution in [3.8, 4) is 0 Å². The number of nitrogen functional groups attached to an aromatic ring is 1. The molecule has 0 amide bonds. The lowest BCUT2D eigenvalue weighted by molar-refractivity contribution is -0.146. The molecule has 1 fully saturated rings. The van der Waals surface area contributed by atoms with Gasteiger partial charge in [0, 0.05) is 6.20 Å². The van der Waals surface area contributed by atoms with Crippen molar-refractivity contribution < 1.29 is 18.3 Å². The van der Waals surface area contributed by atoms with Crippen molar-refractivity contribution in [2.45, 2.75) is 38.2 Å². The summed E-state index contributed by atoms with van der Waals surface area (Å²) in [6.45, 7) is 0. The van der Waals surface area contributed by atoms with E-state index in [1.807, 2.05) is 0 Å². The summed E-state index contributed by atoms with van der Waals surface area (Å²) in [5.41, 5.74) is 5.16. The molecule has 0 atom stereocenters. The number of aromatic nitrogens is 2. The SMILES string of the molecule is COC(=O)C1CCC(n2cc(N)c(C(F)F)n2)CC1. The summed E-state index contributed by atoms with van der Waals surface area (Å²) in [4.78, 5) is 11.4. The number of halogens is 2. The molecule has 5 nitrogen and oxygen atoms in total. The first-order valence-corrected chi connectivity index (χ1v) is 6.23. The molecule has 0 unspecified atom stereocenters. The predicted molar refractivity (Wildman–Crippen MR) is 64.6 cm³/mol. The normalized spacial score (nSPS) is 23.6. The highest BCUT2D eigenvalue weighted by molar-refractivity contribution is 5.72. The van der Waals surface area contributed by atoms with Crippen LogP contribution in [0.3, 0.4) is 0 Å². The molecule has 1 aliphatic rings. The summed E-state index contributed by atoms with van der Waals surface area (Å²) < 4.78 is 31.4. The summed E-state index contributed by atoms with van der Waals surface area (Å²) in [5.74, 6) is -0.296. The average molecular weight is 273 g/mol. The van der Waals surface area contributed by atoms with Crippen LogP contribution in [0.15, 0.2) is 6.20 Å². The number of hydrogen-bond donors (Lipinski definition) is 1. The van der Waals surface area contributed by atoms with E-state index < -0.39 is 6.43 Å². The quantitative estimate of drug-likeness (QED) is 0.858. The fraction of sp³-hybridized carbons (Fsp3) is 0.667. The van der Waals surface area contributed by atoms with E-state index in [9.17, 15) is 13.6 Å². The molecule has 1 heterocycles. The van der Waals surface area contributed by atoms with E-state index in [4.69, 9.17) is 10.5 Å². The second-order valence-corrected chi connectivity index (χ2v) is 4.78. The van der Waals surface area contributed by atoms with Gasteiger partial charge in [0.25, 0.3) is 6.43 Å². The van der Waals surface area contributed by atoms with E-state index in [1.54, 1.807) is 0 Å². The first-order chi connectivity index (χ1) is 9.02. The zero-order valence-electron chi connectivity index (χ0n) is 10.7. The number of carbonyl (C=O) groups is 1. The smallest absolute Gasteiger partial charge is 0.308 e. The molecule has 0 aromatic carbocycles. The van der Waals surface area contributed by atoms with Gasteiger partial charge in [-0.15, -0.1) is 0 Å². The predicted octanol–water partition coefficient (Wildman–Crippen LogP) is 2.31. The first kappa shape index (κ1) is 13.8. The van der Waals surface area contributed by atoms with Crippen LogP contribution in [-0.4, -0.2) is 22.9 Å². The summed E-state index contributed by atoms with van der Waals surface area (Å²) in [5, 5.41) is 3.85. The summed E-state index contributed by atoms with van der Waals surface area (Å²) in [6.07, 6.45) is 1.58. The van der Waals surface area contributed by atoms with Gasteiger partial charge in [0.05, 0.1) is 24.8 Å². The molecule has 2 N–H and O–H groups in total. The average Bonchev–Trinajstić information content (AvgIpc) is 2.80. The molecule has 7 heteroatoms. The Balaban J connectivity index is 2.02. The minimum atomic E-state index is -2.66. The lowest BCUT2D eigenvalue weighted by Gasteiger charge is -2.27. The maximum absolute atomic E-state index is 12.6. The number of anilines is 1. The molecule has 0 aliphatic heterocycles. The highest BCUT2D eigenvalue weighted by atomic mass is 19.3. The van der Waals surface area contributed by atoms with Crippen LogP contribution in [0.25, 0.3) is 0 Å². The van der Waals surface area contributed by atoms with Gasteiger partial charge in [0.1, 0.15) is 0 Å². The van der Waals surface area contributed by atoms with Gasteiger partial charge in [-0.2, -0.15) is 5.10 Å². The third kappa shape index (κ3) is 2.85. The highest BCUT2D eigenvalue weighted by Gasteiger charge is 2.29. The van der Waals surface area contributed by atoms with Gasteiger partial charge in [-0.05, 0) is 25.7 Å². The molecule has 1 aliphatic carbocycles. The molecule has 1 saturated carbocycles. The van der Waals surface area contributed by atoms with Crippen LogP contribution in [0.2, 0.25) is 0 Å². The Morgan fingerprint density at radius 3 is 2.58 bits per heavy atom. The molecule has 2 rings (SSSR count). The summed E-state index contributed by atoms with van der Waals surface area (Å²) >= 11 is 0. The Morgan fingerprint density at radius 1 is 1.47 bits per heavy atom.